The van der Waals surface area contributed by atoms with Crippen molar-refractivity contribution in [3.63, 3.8) is 0 Å². The molecule has 2 heterocycles. The molecule has 2 amide bonds. The van der Waals surface area contributed by atoms with Gasteiger partial charge in [-0.1, -0.05) is 48.0 Å². The average molecular weight is 441 g/mol. The van der Waals surface area contributed by atoms with E-state index >= 15 is 0 Å². The molecule has 1 fully saturated rings. The highest BCUT2D eigenvalue weighted by molar-refractivity contribution is 6.30. The van der Waals surface area contributed by atoms with Crippen molar-refractivity contribution in [2.45, 2.75) is 44.1 Å². The van der Waals surface area contributed by atoms with E-state index in [0.29, 0.717) is 31.3 Å². The molecule has 31 heavy (non-hydrogen) atoms. The Balaban J connectivity index is 1.50. The number of hydrogen-bond acceptors (Lipinski definition) is 3. The summed E-state index contributed by atoms with van der Waals surface area (Å²) in [5.41, 5.74) is 3.24. The molecule has 0 aliphatic carbocycles. The van der Waals surface area contributed by atoms with Crippen molar-refractivity contribution in [1.82, 2.24) is 10.2 Å². The van der Waals surface area contributed by atoms with E-state index in [1.807, 2.05) is 41.3 Å². The van der Waals surface area contributed by atoms with Gasteiger partial charge in [-0.25, -0.2) is 0 Å². The summed E-state index contributed by atoms with van der Waals surface area (Å²) in [7, 11) is 0. The van der Waals surface area contributed by atoms with Gasteiger partial charge in [-0.15, -0.1) is 0 Å². The summed E-state index contributed by atoms with van der Waals surface area (Å²) in [6, 6.07) is 15.8. The lowest BCUT2D eigenvalue weighted by Gasteiger charge is -2.39. The van der Waals surface area contributed by atoms with Crippen LogP contribution in [0.4, 0.5) is 0 Å². The minimum atomic E-state index is -0.223. The first-order chi connectivity index (χ1) is 15.0. The zero-order chi connectivity index (χ0) is 21.8. The number of benzene rings is 2. The normalized spacial score (nSPS) is 20.1. The quantitative estimate of drug-likeness (QED) is 0.763. The molecule has 6 heteroatoms. The van der Waals surface area contributed by atoms with Gasteiger partial charge in [0, 0.05) is 43.7 Å². The Morgan fingerprint density at radius 3 is 2.68 bits per heavy atom. The number of nitrogens with zero attached hydrogens (tertiary/aromatic N) is 1. The maximum Gasteiger partial charge on any atom is 0.222 e. The maximum absolute atomic E-state index is 13.1. The van der Waals surface area contributed by atoms with Gasteiger partial charge in [0.2, 0.25) is 11.8 Å². The molecule has 2 aliphatic rings. The van der Waals surface area contributed by atoms with Gasteiger partial charge >= 0.3 is 0 Å². The minimum absolute atomic E-state index is 0.00660. The van der Waals surface area contributed by atoms with E-state index in [1.165, 1.54) is 5.56 Å². The first-order valence-corrected chi connectivity index (χ1v) is 11.3. The molecule has 2 aromatic rings. The van der Waals surface area contributed by atoms with Gasteiger partial charge in [0.15, 0.2) is 0 Å². The van der Waals surface area contributed by atoms with E-state index in [4.69, 9.17) is 16.3 Å². The van der Waals surface area contributed by atoms with Gasteiger partial charge in [-0.05, 0) is 48.1 Å². The number of carbonyl (C=O) groups is 2. The van der Waals surface area contributed by atoms with E-state index in [2.05, 4.69) is 17.4 Å². The number of nitrogens with one attached hydrogen (secondary N) is 1. The molecule has 2 aromatic carbocycles. The smallest absolute Gasteiger partial charge is 0.222 e. The SMILES string of the molecule is CC(=O)N1CCc2ccccc2C1CC(=O)NCC1(c2cccc(Cl)c2)CCOCC1. The largest absolute Gasteiger partial charge is 0.381 e. The van der Waals surface area contributed by atoms with Crippen LogP contribution in [0.5, 0.6) is 0 Å². The molecular formula is C25H29ClN2O3. The van der Waals surface area contributed by atoms with E-state index in [0.717, 1.165) is 30.4 Å². The number of rotatable bonds is 5. The molecule has 1 N–H and O–H groups in total. The molecule has 1 atom stereocenters. The van der Waals surface area contributed by atoms with E-state index < -0.39 is 0 Å². The fraction of sp³-hybridized carbons (Fsp3) is 0.440. The van der Waals surface area contributed by atoms with Crippen molar-refractivity contribution in [1.29, 1.82) is 0 Å². The lowest BCUT2D eigenvalue weighted by Crippen LogP contribution is -2.46. The summed E-state index contributed by atoms with van der Waals surface area (Å²) in [6.45, 7) is 4.08. The number of hydrogen-bond donors (Lipinski definition) is 1. The van der Waals surface area contributed by atoms with Crippen LogP contribution in [0.2, 0.25) is 5.02 Å². The Labute approximate surface area is 188 Å². The van der Waals surface area contributed by atoms with Crippen molar-refractivity contribution in [3.8, 4) is 0 Å². The van der Waals surface area contributed by atoms with Gasteiger partial charge in [0.25, 0.3) is 0 Å². The van der Waals surface area contributed by atoms with Crippen molar-refractivity contribution in [2.24, 2.45) is 0 Å². The fourth-order valence-corrected chi connectivity index (χ4v) is 5.10. The van der Waals surface area contributed by atoms with Crippen LogP contribution >= 0.6 is 11.6 Å². The van der Waals surface area contributed by atoms with Gasteiger partial charge < -0.3 is 15.0 Å². The topological polar surface area (TPSA) is 58.6 Å². The second-order valence-corrected chi connectivity index (χ2v) is 9.00. The third kappa shape index (κ3) is 4.78. The predicted molar refractivity (Wildman–Crippen MR) is 121 cm³/mol. The standard InChI is InChI=1S/C25H29ClN2O3/c1-18(29)28-12-9-19-5-2-3-8-22(19)23(28)16-24(30)27-17-25(10-13-31-14-11-25)20-6-4-7-21(26)15-20/h2-8,15,23H,9-14,16-17H2,1H3,(H,27,30). The third-order valence-corrected chi connectivity index (χ3v) is 6.94. The molecule has 1 saturated heterocycles. The van der Waals surface area contributed by atoms with Crippen LogP contribution in [0.25, 0.3) is 0 Å². The van der Waals surface area contributed by atoms with Crippen molar-refractivity contribution in [3.05, 3.63) is 70.2 Å². The molecule has 164 valence electrons. The second kappa shape index (κ2) is 9.41. The molecule has 4 rings (SSSR count). The van der Waals surface area contributed by atoms with Crippen molar-refractivity contribution >= 4 is 23.4 Å². The van der Waals surface area contributed by atoms with Gasteiger partial charge in [0.1, 0.15) is 0 Å². The van der Waals surface area contributed by atoms with E-state index in [-0.39, 0.29) is 29.7 Å². The monoisotopic (exact) mass is 440 g/mol. The summed E-state index contributed by atoms with van der Waals surface area (Å²) < 4.78 is 5.59. The van der Waals surface area contributed by atoms with Crippen LogP contribution in [0.15, 0.2) is 48.5 Å². The lowest BCUT2D eigenvalue weighted by molar-refractivity contribution is -0.133. The number of fused-ring (bicyclic) bond motifs is 1. The first kappa shape index (κ1) is 21.8. The highest BCUT2D eigenvalue weighted by Gasteiger charge is 2.36. The van der Waals surface area contributed by atoms with E-state index in [9.17, 15) is 9.59 Å². The molecular weight excluding hydrogens is 412 g/mol. The maximum atomic E-state index is 13.1. The number of carbonyl (C=O) groups excluding carboxylic acids is 2. The van der Waals surface area contributed by atoms with Gasteiger partial charge in [-0.3, -0.25) is 9.59 Å². The number of halogens is 1. The van der Waals surface area contributed by atoms with Crippen molar-refractivity contribution in [2.75, 3.05) is 26.3 Å². The summed E-state index contributed by atoms with van der Waals surface area (Å²) in [4.78, 5) is 27.1. The molecule has 0 aromatic heterocycles. The van der Waals surface area contributed by atoms with Crippen LogP contribution in [0.3, 0.4) is 0 Å². The molecule has 0 saturated carbocycles. The first-order valence-electron chi connectivity index (χ1n) is 10.9. The van der Waals surface area contributed by atoms with Crippen LogP contribution in [-0.4, -0.2) is 43.0 Å². The Hall–Kier alpha value is -2.37. The summed E-state index contributed by atoms with van der Waals surface area (Å²) in [5.74, 6) is -0.0343. The number of amides is 2. The lowest BCUT2D eigenvalue weighted by atomic mass is 9.74. The predicted octanol–water partition coefficient (Wildman–Crippen LogP) is 4.04. The summed E-state index contributed by atoms with van der Waals surface area (Å²) >= 11 is 6.26. The van der Waals surface area contributed by atoms with Crippen molar-refractivity contribution < 1.29 is 14.3 Å². The van der Waals surface area contributed by atoms with Gasteiger partial charge in [0.05, 0.1) is 12.5 Å². The zero-order valence-electron chi connectivity index (χ0n) is 17.9. The van der Waals surface area contributed by atoms with Crippen LogP contribution in [0.1, 0.15) is 48.9 Å². The summed E-state index contributed by atoms with van der Waals surface area (Å²) in [5, 5.41) is 3.87. The highest BCUT2D eigenvalue weighted by atomic mass is 35.5. The fourth-order valence-electron chi connectivity index (χ4n) is 4.91. The second-order valence-electron chi connectivity index (χ2n) is 8.56. The van der Waals surface area contributed by atoms with Crippen LogP contribution < -0.4 is 5.32 Å². The highest BCUT2D eigenvalue weighted by Crippen LogP contribution is 2.36. The Morgan fingerprint density at radius 1 is 1.16 bits per heavy atom. The Kier molecular flexibility index (Phi) is 6.63. The Bertz CT molecular complexity index is 955. The van der Waals surface area contributed by atoms with Gasteiger partial charge in [-0.2, -0.15) is 0 Å². The molecule has 0 radical (unpaired) electrons. The van der Waals surface area contributed by atoms with E-state index in [1.54, 1.807) is 6.92 Å². The molecule has 2 aliphatic heterocycles. The van der Waals surface area contributed by atoms with Crippen LogP contribution in [0, 0.1) is 0 Å². The zero-order valence-corrected chi connectivity index (χ0v) is 18.7. The molecule has 0 bridgehead atoms. The summed E-state index contributed by atoms with van der Waals surface area (Å²) in [6.07, 6.45) is 2.75. The molecule has 1 unspecified atom stereocenters. The number of ether oxygens (including phenoxy) is 1. The molecule has 5 nitrogen and oxygen atoms in total. The Morgan fingerprint density at radius 2 is 1.94 bits per heavy atom. The molecule has 0 spiro atoms. The third-order valence-electron chi connectivity index (χ3n) is 6.71. The van der Waals surface area contributed by atoms with Crippen LogP contribution in [-0.2, 0) is 26.2 Å². The average Bonchev–Trinajstić information content (AvgIpc) is 2.78. The minimum Gasteiger partial charge on any atom is -0.381 e.